The van der Waals surface area contributed by atoms with E-state index in [9.17, 15) is 4.79 Å². The zero-order chi connectivity index (χ0) is 21.4. The number of carbonyl (C=O) groups excluding carboxylic acids is 1. The van der Waals surface area contributed by atoms with E-state index < -0.39 is 0 Å². The number of nitrogens with zero attached hydrogens (tertiary/aromatic N) is 3. The molecule has 2 N–H and O–H groups in total. The highest BCUT2D eigenvalue weighted by molar-refractivity contribution is 7.99. The summed E-state index contributed by atoms with van der Waals surface area (Å²) in [5.74, 6) is 2.32. The molecule has 0 unspecified atom stereocenters. The fourth-order valence-electron chi connectivity index (χ4n) is 5.34. The molecule has 2 bridgehead atoms. The molecule has 0 amide bonds. The number of fused-ring (bicyclic) bond motifs is 3. The second kappa shape index (κ2) is 8.31. The summed E-state index contributed by atoms with van der Waals surface area (Å²) in [4.78, 5) is 23.2. The predicted octanol–water partition coefficient (Wildman–Crippen LogP) is 3.48. The van der Waals surface area contributed by atoms with Gasteiger partial charge in [0.15, 0.2) is 0 Å². The monoisotopic (exact) mass is 440 g/mol. The lowest BCUT2D eigenvalue weighted by molar-refractivity contribution is -0.142. The minimum absolute atomic E-state index is 0.0850. The molecule has 2 fully saturated rings. The lowest BCUT2D eigenvalue weighted by atomic mass is 9.79. The van der Waals surface area contributed by atoms with E-state index >= 15 is 0 Å². The highest BCUT2D eigenvalue weighted by Gasteiger charge is 2.56. The van der Waals surface area contributed by atoms with E-state index in [2.05, 4.69) is 16.0 Å². The van der Waals surface area contributed by atoms with Gasteiger partial charge < -0.3 is 20.1 Å². The van der Waals surface area contributed by atoms with Crippen LogP contribution >= 0.6 is 11.8 Å². The fraction of sp³-hybridized carbons (Fsp3) is 0.522. The fourth-order valence-corrected chi connectivity index (χ4v) is 6.07. The summed E-state index contributed by atoms with van der Waals surface area (Å²) in [6.45, 7) is 2.23. The summed E-state index contributed by atoms with van der Waals surface area (Å²) in [7, 11) is 0. The molecule has 1 spiro atoms. The summed E-state index contributed by atoms with van der Waals surface area (Å²) < 4.78 is 11.4. The number of aromatic nitrogens is 2. The molecule has 164 valence electrons. The van der Waals surface area contributed by atoms with Crippen molar-refractivity contribution in [2.45, 2.75) is 67.8 Å². The predicted molar refractivity (Wildman–Crippen MR) is 119 cm³/mol. The summed E-state index contributed by atoms with van der Waals surface area (Å²) >= 11 is 1.53. The molecule has 3 aliphatic rings. The molecule has 3 aliphatic heterocycles. The van der Waals surface area contributed by atoms with E-state index in [1.165, 1.54) is 11.8 Å². The van der Waals surface area contributed by atoms with Crippen LogP contribution in [0.1, 0.15) is 50.6 Å². The van der Waals surface area contributed by atoms with E-state index in [0.717, 1.165) is 47.8 Å². The molecule has 5 rings (SSSR count). The van der Waals surface area contributed by atoms with Crippen LogP contribution in [0.3, 0.4) is 0 Å². The van der Waals surface area contributed by atoms with Crippen molar-refractivity contribution in [3.05, 3.63) is 42.2 Å². The lowest BCUT2D eigenvalue weighted by Gasteiger charge is -2.46. The molecule has 3 atom stereocenters. The van der Waals surface area contributed by atoms with Crippen LogP contribution in [-0.4, -0.2) is 46.0 Å². The first-order chi connectivity index (χ1) is 15.1. The number of hydrogen-bond acceptors (Lipinski definition) is 8. The number of nitrogens with two attached hydrogens (primary N) is 1. The van der Waals surface area contributed by atoms with Crippen molar-refractivity contribution in [2.24, 2.45) is 5.73 Å². The van der Waals surface area contributed by atoms with E-state index in [0.29, 0.717) is 30.9 Å². The third-order valence-corrected chi connectivity index (χ3v) is 7.57. The first-order valence-electron chi connectivity index (χ1n) is 11.0. The average Bonchev–Trinajstić information content (AvgIpc) is 3.20. The van der Waals surface area contributed by atoms with E-state index in [1.54, 1.807) is 0 Å². The molecule has 2 saturated heterocycles. The van der Waals surface area contributed by atoms with E-state index in [1.807, 2.05) is 37.5 Å². The molecule has 1 aromatic carbocycles. The molecule has 0 aliphatic carbocycles. The minimum Gasteiger partial charge on any atom is -0.485 e. The molecule has 8 heteroatoms. The van der Waals surface area contributed by atoms with Crippen LogP contribution in [0.15, 0.2) is 41.7 Å². The van der Waals surface area contributed by atoms with Gasteiger partial charge in [-0.25, -0.2) is 9.97 Å². The Labute approximate surface area is 186 Å². The van der Waals surface area contributed by atoms with Crippen molar-refractivity contribution in [2.75, 3.05) is 17.3 Å². The molecule has 31 heavy (non-hydrogen) atoms. The van der Waals surface area contributed by atoms with Crippen LogP contribution in [0, 0.1) is 0 Å². The largest absolute Gasteiger partial charge is 0.485 e. The number of para-hydroxylation sites is 1. The van der Waals surface area contributed by atoms with Crippen LogP contribution in [0.5, 0.6) is 5.75 Å². The molecule has 4 heterocycles. The Morgan fingerprint density at radius 1 is 1.26 bits per heavy atom. The van der Waals surface area contributed by atoms with Gasteiger partial charge in [0.05, 0.1) is 31.5 Å². The minimum atomic E-state index is -0.317. The Morgan fingerprint density at radius 3 is 2.71 bits per heavy atom. The third-order valence-electron chi connectivity index (χ3n) is 6.66. The van der Waals surface area contributed by atoms with Gasteiger partial charge in [-0.2, -0.15) is 0 Å². The standard InChI is InChI=1S/C23H28N4O3S/c1-2-29-21(28)9-10-31-20-14-25-19(13-26-20)27-15-7-8-16(27)12-23(11-15)22(24)17-5-3-4-6-18(17)30-23/h3-6,13-16,22H,2,7-12,24H2,1H3/t15-,16-,22-/m1/s1. The highest BCUT2D eigenvalue weighted by Crippen LogP contribution is 2.53. The molecule has 1 aromatic heterocycles. The first kappa shape index (κ1) is 20.6. The summed E-state index contributed by atoms with van der Waals surface area (Å²) in [6, 6.07) is 8.79. The molecule has 2 aromatic rings. The number of benzene rings is 1. The SMILES string of the molecule is CCOC(=O)CCSc1cnc(N2[C@@H]3CC[C@@H]2CC2(C3)Oc3ccccc3[C@H]2N)cn1. The van der Waals surface area contributed by atoms with Crippen molar-refractivity contribution >= 4 is 23.5 Å². The van der Waals surface area contributed by atoms with Gasteiger partial charge in [0.1, 0.15) is 22.2 Å². The Morgan fingerprint density at radius 2 is 2.03 bits per heavy atom. The van der Waals surface area contributed by atoms with Crippen molar-refractivity contribution < 1.29 is 14.3 Å². The zero-order valence-corrected chi connectivity index (χ0v) is 18.5. The van der Waals surface area contributed by atoms with Crippen LogP contribution < -0.4 is 15.4 Å². The van der Waals surface area contributed by atoms with Gasteiger partial charge in [0.25, 0.3) is 0 Å². The number of ether oxygens (including phenoxy) is 2. The number of hydrogen-bond donors (Lipinski definition) is 1. The first-order valence-corrected chi connectivity index (χ1v) is 12.0. The van der Waals surface area contributed by atoms with Crippen LogP contribution in [0.4, 0.5) is 5.82 Å². The van der Waals surface area contributed by atoms with Crippen molar-refractivity contribution in [3.63, 3.8) is 0 Å². The number of esters is 1. The van der Waals surface area contributed by atoms with Gasteiger partial charge in [-0.1, -0.05) is 18.2 Å². The topological polar surface area (TPSA) is 90.6 Å². The Hall–Kier alpha value is -2.32. The Balaban J connectivity index is 1.25. The van der Waals surface area contributed by atoms with E-state index in [4.69, 9.17) is 20.2 Å². The van der Waals surface area contributed by atoms with Gasteiger partial charge in [0.2, 0.25) is 0 Å². The normalized spacial score (nSPS) is 28.5. The van der Waals surface area contributed by atoms with Crippen molar-refractivity contribution in [1.82, 2.24) is 9.97 Å². The number of carbonyl (C=O) groups is 1. The zero-order valence-electron chi connectivity index (χ0n) is 17.7. The van der Waals surface area contributed by atoms with Crippen molar-refractivity contribution in [3.8, 4) is 5.75 Å². The number of rotatable bonds is 6. The van der Waals surface area contributed by atoms with Crippen LogP contribution in [-0.2, 0) is 9.53 Å². The lowest BCUT2D eigenvalue weighted by Crippen LogP contribution is -2.56. The summed E-state index contributed by atoms with van der Waals surface area (Å²) in [5.41, 5.74) is 7.50. The van der Waals surface area contributed by atoms with E-state index in [-0.39, 0.29) is 17.6 Å². The molecular weight excluding hydrogens is 412 g/mol. The quantitative estimate of drug-likeness (QED) is 0.539. The molecule has 7 nitrogen and oxygen atoms in total. The van der Waals surface area contributed by atoms with Crippen molar-refractivity contribution in [1.29, 1.82) is 0 Å². The number of thioether (sulfide) groups is 1. The maximum Gasteiger partial charge on any atom is 0.306 e. The highest BCUT2D eigenvalue weighted by atomic mass is 32.2. The van der Waals surface area contributed by atoms with Gasteiger partial charge in [-0.15, -0.1) is 11.8 Å². The Bertz CT molecular complexity index is 940. The third kappa shape index (κ3) is 3.76. The molecule has 0 saturated carbocycles. The van der Waals surface area contributed by atoms with Gasteiger partial charge >= 0.3 is 5.97 Å². The number of anilines is 1. The Kier molecular flexibility index (Phi) is 5.52. The second-order valence-electron chi connectivity index (χ2n) is 8.50. The molecular formula is C23H28N4O3S. The second-order valence-corrected chi connectivity index (χ2v) is 9.61. The maximum absolute atomic E-state index is 11.5. The summed E-state index contributed by atoms with van der Waals surface area (Å²) in [6.07, 6.45) is 8.09. The smallest absolute Gasteiger partial charge is 0.306 e. The average molecular weight is 441 g/mol. The molecule has 0 radical (unpaired) electrons. The van der Waals surface area contributed by atoms with Crippen LogP contribution in [0.2, 0.25) is 0 Å². The number of piperidine rings is 1. The van der Waals surface area contributed by atoms with Gasteiger partial charge in [0, 0.05) is 36.2 Å². The van der Waals surface area contributed by atoms with Crippen LogP contribution in [0.25, 0.3) is 0 Å². The maximum atomic E-state index is 11.5. The van der Waals surface area contributed by atoms with Gasteiger partial charge in [-0.3, -0.25) is 4.79 Å². The summed E-state index contributed by atoms with van der Waals surface area (Å²) in [5, 5.41) is 0.825. The van der Waals surface area contributed by atoms with Gasteiger partial charge in [-0.05, 0) is 25.8 Å².